The molecule has 144 valence electrons. The third-order valence-electron chi connectivity index (χ3n) is 5.17. The number of halogens is 1. The van der Waals surface area contributed by atoms with Gasteiger partial charge in [-0.2, -0.15) is 0 Å². The number of likely N-dealkylation sites (N-methyl/N-ethyl adjacent to an activating group) is 1. The molecule has 1 aliphatic heterocycles. The van der Waals surface area contributed by atoms with Gasteiger partial charge in [0.05, 0.1) is 5.92 Å². The Bertz CT molecular complexity index is 770. The number of carbonyl (C=O) groups excluding carboxylic acids is 2. The minimum atomic E-state index is -0.437. The van der Waals surface area contributed by atoms with Crippen molar-refractivity contribution in [2.24, 2.45) is 11.7 Å². The highest BCUT2D eigenvalue weighted by atomic mass is 35.5. The van der Waals surface area contributed by atoms with Gasteiger partial charge in [0.1, 0.15) is 6.04 Å². The van der Waals surface area contributed by atoms with E-state index in [0.29, 0.717) is 13.0 Å². The average Bonchev–Trinajstić information content (AvgIpc) is 3.08. The van der Waals surface area contributed by atoms with Crippen molar-refractivity contribution < 1.29 is 9.59 Å². The maximum absolute atomic E-state index is 12.9. The minimum absolute atomic E-state index is 0. The van der Waals surface area contributed by atoms with Gasteiger partial charge in [0.15, 0.2) is 0 Å². The van der Waals surface area contributed by atoms with Gasteiger partial charge < -0.3 is 15.5 Å². The molecule has 2 aromatic carbocycles. The van der Waals surface area contributed by atoms with Gasteiger partial charge >= 0.3 is 0 Å². The predicted molar refractivity (Wildman–Crippen MR) is 110 cm³/mol. The summed E-state index contributed by atoms with van der Waals surface area (Å²) in [5.74, 6) is -0.539. The summed E-state index contributed by atoms with van der Waals surface area (Å²) >= 11 is 0. The molecule has 1 fully saturated rings. The lowest BCUT2D eigenvalue weighted by atomic mass is 9.94. The standard InChI is InChI=1S/C21H25N3O2.ClH/c1-15(19(22)16-9-5-3-6-10-16)20(25)23(2)18-13-14-24(21(18)26)17-11-7-4-8-12-17;/h3-12,15,18-19H,13-14,22H2,1-2H3;1H. The number of carbonyl (C=O) groups is 2. The van der Waals surface area contributed by atoms with Crippen LogP contribution in [-0.4, -0.2) is 36.3 Å². The lowest BCUT2D eigenvalue weighted by molar-refractivity contribution is -0.140. The number of para-hydroxylation sites is 1. The minimum Gasteiger partial charge on any atom is -0.333 e. The van der Waals surface area contributed by atoms with Crippen LogP contribution in [0.3, 0.4) is 0 Å². The summed E-state index contributed by atoms with van der Waals surface area (Å²) < 4.78 is 0. The van der Waals surface area contributed by atoms with Crippen molar-refractivity contribution >= 4 is 29.9 Å². The van der Waals surface area contributed by atoms with E-state index >= 15 is 0 Å². The zero-order valence-electron chi connectivity index (χ0n) is 15.6. The van der Waals surface area contributed by atoms with E-state index < -0.39 is 18.0 Å². The highest BCUT2D eigenvalue weighted by Gasteiger charge is 2.39. The molecule has 3 rings (SSSR count). The van der Waals surface area contributed by atoms with E-state index in [2.05, 4.69) is 0 Å². The molecule has 27 heavy (non-hydrogen) atoms. The van der Waals surface area contributed by atoms with Crippen LogP contribution in [0.15, 0.2) is 60.7 Å². The van der Waals surface area contributed by atoms with Crippen LogP contribution in [0, 0.1) is 5.92 Å². The highest BCUT2D eigenvalue weighted by Crippen LogP contribution is 2.26. The summed E-state index contributed by atoms with van der Waals surface area (Å²) in [5, 5.41) is 0. The topological polar surface area (TPSA) is 66.6 Å². The molecule has 1 aliphatic rings. The second-order valence-corrected chi connectivity index (χ2v) is 6.80. The van der Waals surface area contributed by atoms with Crippen LogP contribution in [-0.2, 0) is 9.59 Å². The Morgan fingerprint density at radius 3 is 2.26 bits per heavy atom. The van der Waals surface area contributed by atoms with Crippen molar-refractivity contribution in [2.45, 2.75) is 25.4 Å². The largest absolute Gasteiger partial charge is 0.333 e. The molecule has 6 heteroatoms. The van der Waals surface area contributed by atoms with Crippen molar-refractivity contribution in [1.29, 1.82) is 0 Å². The SMILES string of the molecule is CC(C(=O)N(C)C1CCN(c2ccccc2)C1=O)C(N)c1ccccc1.Cl. The molecule has 2 N–H and O–H groups in total. The van der Waals surface area contributed by atoms with Gasteiger partial charge in [-0.05, 0) is 24.1 Å². The predicted octanol–water partition coefficient (Wildman–Crippen LogP) is 3.01. The van der Waals surface area contributed by atoms with Crippen LogP contribution >= 0.6 is 12.4 Å². The Hall–Kier alpha value is -2.37. The van der Waals surface area contributed by atoms with E-state index in [1.54, 1.807) is 16.8 Å². The Morgan fingerprint density at radius 1 is 1.11 bits per heavy atom. The Kier molecular flexibility index (Phi) is 6.99. The molecule has 0 radical (unpaired) electrons. The average molecular weight is 388 g/mol. The summed E-state index contributed by atoms with van der Waals surface area (Å²) in [6.45, 7) is 2.44. The Labute approximate surface area is 166 Å². The molecule has 0 bridgehead atoms. The van der Waals surface area contributed by atoms with E-state index in [-0.39, 0.29) is 24.2 Å². The molecular weight excluding hydrogens is 362 g/mol. The van der Waals surface area contributed by atoms with Gasteiger partial charge in [-0.1, -0.05) is 55.5 Å². The molecule has 5 nitrogen and oxygen atoms in total. The first-order valence-corrected chi connectivity index (χ1v) is 8.94. The Morgan fingerprint density at radius 2 is 1.67 bits per heavy atom. The smallest absolute Gasteiger partial charge is 0.249 e. The number of amides is 2. The third kappa shape index (κ3) is 4.31. The van der Waals surface area contributed by atoms with E-state index in [9.17, 15) is 9.59 Å². The van der Waals surface area contributed by atoms with Gasteiger partial charge in [-0.15, -0.1) is 12.4 Å². The van der Waals surface area contributed by atoms with E-state index in [1.807, 2.05) is 67.6 Å². The number of rotatable bonds is 5. The molecule has 0 aromatic heterocycles. The molecule has 0 spiro atoms. The molecule has 0 aliphatic carbocycles. The van der Waals surface area contributed by atoms with Crippen molar-refractivity contribution in [3.63, 3.8) is 0 Å². The van der Waals surface area contributed by atoms with Crippen molar-refractivity contribution in [1.82, 2.24) is 4.90 Å². The fraction of sp³-hybridized carbons (Fsp3) is 0.333. The monoisotopic (exact) mass is 387 g/mol. The van der Waals surface area contributed by atoms with Crippen LogP contribution in [0.4, 0.5) is 5.69 Å². The number of hydrogen-bond donors (Lipinski definition) is 1. The fourth-order valence-corrected chi connectivity index (χ4v) is 3.48. The first-order chi connectivity index (χ1) is 12.5. The van der Waals surface area contributed by atoms with Gasteiger partial charge in [-0.25, -0.2) is 0 Å². The van der Waals surface area contributed by atoms with Crippen LogP contribution in [0.5, 0.6) is 0 Å². The summed E-state index contributed by atoms with van der Waals surface area (Å²) in [6, 6.07) is 18.3. The van der Waals surface area contributed by atoms with E-state index in [4.69, 9.17) is 5.73 Å². The third-order valence-corrected chi connectivity index (χ3v) is 5.17. The summed E-state index contributed by atoms with van der Waals surface area (Å²) in [4.78, 5) is 29.0. The van der Waals surface area contributed by atoms with Gasteiger partial charge in [0.25, 0.3) is 0 Å². The quantitative estimate of drug-likeness (QED) is 0.857. The van der Waals surface area contributed by atoms with Gasteiger partial charge in [0, 0.05) is 25.3 Å². The van der Waals surface area contributed by atoms with Gasteiger partial charge in [0.2, 0.25) is 11.8 Å². The molecule has 1 saturated heterocycles. The molecule has 3 atom stereocenters. The van der Waals surface area contributed by atoms with Crippen LogP contribution in [0.25, 0.3) is 0 Å². The first kappa shape index (κ1) is 20.9. The Balaban J connectivity index is 0.00000261. The number of nitrogens with two attached hydrogens (primary N) is 1. The fourth-order valence-electron chi connectivity index (χ4n) is 3.48. The van der Waals surface area contributed by atoms with Crippen molar-refractivity contribution in [3.05, 3.63) is 66.2 Å². The number of benzene rings is 2. The second kappa shape index (κ2) is 9.02. The zero-order chi connectivity index (χ0) is 18.7. The number of nitrogens with zero attached hydrogens (tertiary/aromatic N) is 2. The molecule has 1 heterocycles. The number of hydrogen-bond acceptors (Lipinski definition) is 3. The second-order valence-electron chi connectivity index (χ2n) is 6.80. The summed E-state index contributed by atoms with van der Waals surface area (Å²) in [7, 11) is 1.70. The summed E-state index contributed by atoms with van der Waals surface area (Å²) in [6.07, 6.45) is 0.628. The molecule has 2 aromatic rings. The lowest BCUT2D eigenvalue weighted by Gasteiger charge is -2.29. The highest BCUT2D eigenvalue weighted by molar-refractivity contribution is 6.01. The van der Waals surface area contributed by atoms with E-state index in [1.165, 1.54) is 0 Å². The maximum atomic E-state index is 12.9. The van der Waals surface area contributed by atoms with Gasteiger partial charge in [-0.3, -0.25) is 9.59 Å². The van der Waals surface area contributed by atoms with Crippen LogP contribution < -0.4 is 10.6 Å². The van der Waals surface area contributed by atoms with Crippen molar-refractivity contribution in [3.8, 4) is 0 Å². The van der Waals surface area contributed by atoms with Crippen LogP contribution in [0.1, 0.15) is 24.9 Å². The number of anilines is 1. The molecule has 3 unspecified atom stereocenters. The normalized spacial score (nSPS) is 18.6. The van der Waals surface area contributed by atoms with Crippen molar-refractivity contribution in [2.75, 3.05) is 18.5 Å². The van der Waals surface area contributed by atoms with Crippen LogP contribution in [0.2, 0.25) is 0 Å². The maximum Gasteiger partial charge on any atom is 0.249 e. The molecule has 2 amide bonds. The summed E-state index contributed by atoms with van der Waals surface area (Å²) in [5.41, 5.74) is 8.08. The van der Waals surface area contributed by atoms with E-state index in [0.717, 1.165) is 11.3 Å². The first-order valence-electron chi connectivity index (χ1n) is 8.94. The zero-order valence-corrected chi connectivity index (χ0v) is 16.4. The molecule has 0 saturated carbocycles. The lowest BCUT2D eigenvalue weighted by Crippen LogP contribution is -2.46. The molecular formula is C21H26ClN3O2.